The van der Waals surface area contributed by atoms with Crippen molar-refractivity contribution in [2.24, 2.45) is 0 Å². The van der Waals surface area contributed by atoms with Crippen molar-refractivity contribution in [1.29, 1.82) is 0 Å². The highest BCUT2D eigenvalue weighted by Gasteiger charge is 2.23. The van der Waals surface area contributed by atoms with Crippen LogP contribution in [0.15, 0.2) is 59.5 Å². The first-order chi connectivity index (χ1) is 11.3. The normalized spacial score (nSPS) is 14.0. The molecular formula is C18H22N2O3S. The van der Waals surface area contributed by atoms with E-state index >= 15 is 0 Å². The Morgan fingerprint density at radius 2 is 1.54 bits per heavy atom. The van der Waals surface area contributed by atoms with Crippen molar-refractivity contribution in [2.45, 2.75) is 37.8 Å². The van der Waals surface area contributed by atoms with Crippen molar-refractivity contribution in [3.05, 3.63) is 65.7 Å². The van der Waals surface area contributed by atoms with Crippen LogP contribution in [0.5, 0.6) is 0 Å². The molecule has 2 rings (SSSR count). The smallest absolute Gasteiger partial charge is 0.241 e. The van der Waals surface area contributed by atoms with Crippen LogP contribution in [0, 0.1) is 6.92 Å². The predicted octanol–water partition coefficient (Wildman–Crippen LogP) is 2.54. The Hall–Kier alpha value is -2.18. The summed E-state index contributed by atoms with van der Waals surface area (Å²) in [6.07, 6.45) is 0. The van der Waals surface area contributed by atoms with Crippen LogP contribution in [0.4, 0.5) is 0 Å². The van der Waals surface area contributed by atoms with E-state index in [4.69, 9.17) is 0 Å². The van der Waals surface area contributed by atoms with Gasteiger partial charge in [-0.2, -0.15) is 4.72 Å². The van der Waals surface area contributed by atoms with Crippen LogP contribution in [0.1, 0.15) is 31.0 Å². The highest BCUT2D eigenvalue weighted by atomic mass is 32.2. The van der Waals surface area contributed by atoms with Crippen LogP contribution in [-0.4, -0.2) is 20.4 Å². The second-order valence-corrected chi connectivity index (χ2v) is 7.51. The van der Waals surface area contributed by atoms with E-state index in [1.165, 1.54) is 19.1 Å². The zero-order chi connectivity index (χ0) is 17.7. The van der Waals surface area contributed by atoms with Crippen molar-refractivity contribution in [3.8, 4) is 0 Å². The first-order valence-corrected chi connectivity index (χ1v) is 9.22. The summed E-state index contributed by atoms with van der Waals surface area (Å²) in [5, 5.41) is 2.81. The van der Waals surface area contributed by atoms with Gasteiger partial charge >= 0.3 is 0 Å². The maximum absolute atomic E-state index is 12.3. The fourth-order valence-corrected chi connectivity index (χ4v) is 3.44. The standard InChI is InChI=1S/C18H22N2O3S/c1-13-9-11-17(12-10-13)24(22,23)20-15(3)18(21)19-14(2)16-7-5-4-6-8-16/h4-12,14-15,20H,1-3H3,(H,19,21)/t14-,15+/m0/s1. The van der Waals surface area contributed by atoms with E-state index < -0.39 is 16.1 Å². The monoisotopic (exact) mass is 346 g/mol. The third-order valence-electron chi connectivity index (χ3n) is 3.71. The lowest BCUT2D eigenvalue weighted by Crippen LogP contribution is -2.45. The lowest BCUT2D eigenvalue weighted by molar-refractivity contribution is -0.123. The quantitative estimate of drug-likeness (QED) is 0.844. The minimum Gasteiger partial charge on any atom is -0.348 e. The molecular weight excluding hydrogens is 324 g/mol. The Labute approximate surface area is 143 Å². The molecule has 0 aliphatic heterocycles. The Morgan fingerprint density at radius 1 is 0.958 bits per heavy atom. The van der Waals surface area contributed by atoms with Crippen LogP contribution in [-0.2, 0) is 14.8 Å². The predicted molar refractivity (Wildman–Crippen MR) is 94.0 cm³/mol. The molecule has 2 N–H and O–H groups in total. The molecule has 5 nitrogen and oxygen atoms in total. The Balaban J connectivity index is 2.02. The number of hydrogen-bond donors (Lipinski definition) is 2. The molecule has 0 unspecified atom stereocenters. The molecule has 6 heteroatoms. The molecule has 2 aromatic carbocycles. The second kappa shape index (κ2) is 7.59. The van der Waals surface area contributed by atoms with Gasteiger partial charge in [0.1, 0.15) is 0 Å². The molecule has 2 atom stereocenters. The second-order valence-electron chi connectivity index (χ2n) is 5.80. The molecule has 0 fully saturated rings. The van der Waals surface area contributed by atoms with Crippen LogP contribution in [0.25, 0.3) is 0 Å². The van der Waals surface area contributed by atoms with Crippen molar-refractivity contribution >= 4 is 15.9 Å². The molecule has 128 valence electrons. The first-order valence-electron chi connectivity index (χ1n) is 7.74. The van der Waals surface area contributed by atoms with Gasteiger partial charge in [-0.25, -0.2) is 8.42 Å². The van der Waals surface area contributed by atoms with Gasteiger partial charge < -0.3 is 5.32 Å². The topological polar surface area (TPSA) is 75.3 Å². The number of hydrogen-bond acceptors (Lipinski definition) is 3. The van der Waals surface area contributed by atoms with Gasteiger partial charge in [0, 0.05) is 0 Å². The zero-order valence-corrected chi connectivity index (χ0v) is 14.8. The summed E-state index contributed by atoms with van der Waals surface area (Å²) in [5.41, 5.74) is 1.93. The zero-order valence-electron chi connectivity index (χ0n) is 14.0. The molecule has 0 bridgehead atoms. The van der Waals surface area contributed by atoms with E-state index in [2.05, 4.69) is 10.0 Å². The van der Waals surface area contributed by atoms with Crippen LogP contribution >= 0.6 is 0 Å². The van der Waals surface area contributed by atoms with Crippen molar-refractivity contribution in [1.82, 2.24) is 10.0 Å². The number of nitrogens with one attached hydrogen (secondary N) is 2. The van der Waals surface area contributed by atoms with Crippen LogP contribution in [0.2, 0.25) is 0 Å². The van der Waals surface area contributed by atoms with E-state index in [1.54, 1.807) is 12.1 Å². The highest BCUT2D eigenvalue weighted by molar-refractivity contribution is 7.89. The Morgan fingerprint density at radius 3 is 2.12 bits per heavy atom. The number of benzene rings is 2. The van der Waals surface area contributed by atoms with Gasteiger partial charge in [0.05, 0.1) is 17.0 Å². The van der Waals surface area contributed by atoms with Crippen molar-refractivity contribution in [2.75, 3.05) is 0 Å². The molecule has 0 saturated carbocycles. The van der Waals surface area contributed by atoms with E-state index in [-0.39, 0.29) is 16.8 Å². The molecule has 0 aliphatic rings. The summed E-state index contributed by atoms with van der Waals surface area (Å²) in [6.45, 7) is 5.26. The van der Waals surface area contributed by atoms with Gasteiger partial charge in [0.2, 0.25) is 15.9 Å². The fraction of sp³-hybridized carbons (Fsp3) is 0.278. The van der Waals surface area contributed by atoms with Gasteiger partial charge in [0.15, 0.2) is 0 Å². The largest absolute Gasteiger partial charge is 0.348 e. The average Bonchev–Trinajstić information content (AvgIpc) is 2.55. The van der Waals surface area contributed by atoms with Crippen LogP contribution < -0.4 is 10.0 Å². The van der Waals surface area contributed by atoms with Crippen molar-refractivity contribution < 1.29 is 13.2 Å². The third-order valence-corrected chi connectivity index (χ3v) is 5.27. The summed E-state index contributed by atoms with van der Waals surface area (Å²) in [5.74, 6) is -0.373. The molecule has 0 aromatic heterocycles. The fourth-order valence-electron chi connectivity index (χ4n) is 2.24. The number of carbonyl (C=O) groups excluding carboxylic acids is 1. The molecule has 0 saturated heterocycles. The third kappa shape index (κ3) is 4.66. The number of rotatable bonds is 6. The number of carbonyl (C=O) groups is 1. The van der Waals surface area contributed by atoms with Gasteiger partial charge in [-0.3, -0.25) is 4.79 Å². The molecule has 0 spiro atoms. The summed E-state index contributed by atoms with van der Waals surface area (Å²) < 4.78 is 27.1. The van der Waals surface area contributed by atoms with Crippen molar-refractivity contribution in [3.63, 3.8) is 0 Å². The summed E-state index contributed by atoms with van der Waals surface area (Å²) >= 11 is 0. The molecule has 0 radical (unpaired) electrons. The minimum atomic E-state index is -3.73. The molecule has 2 aromatic rings. The average molecular weight is 346 g/mol. The highest BCUT2D eigenvalue weighted by Crippen LogP contribution is 2.13. The lowest BCUT2D eigenvalue weighted by atomic mass is 10.1. The van der Waals surface area contributed by atoms with E-state index in [0.717, 1.165) is 11.1 Å². The Bertz CT molecular complexity index is 787. The Kier molecular flexibility index (Phi) is 5.75. The maximum Gasteiger partial charge on any atom is 0.241 e. The molecule has 0 aliphatic carbocycles. The van der Waals surface area contributed by atoms with E-state index in [0.29, 0.717) is 0 Å². The summed E-state index contributed by atoms with van der Waals surface area (Å²) in [6, 6.07) is 14.9. The molecule has 24 heavy (non-hydrogen) atoms. The van der Waals surface area contributed by atoms with Crippen LogP contribution in [0.3, 0.4) is 0 Å². The van der Waals surface area contributed by atoms with E-state index in [9.17, 15) is 13.2 Å². The summed E-state index contributed by atoms with van der Waals surface area (Å²) in [4.78, 5) is 12.4. The van der Waals surface area contributed by atoms with Gasteiger partial charge in [0.25, 0.3) is 0 Å². The summed E-state index contributed by atoms with van der Waals surface area (Å²) in [7, 11) is -3.73. The molecule has 1 amide bonds. The number of aryl methyl sites for hydroxylation is 1. The molecule has 0 heterocycles. The van der Waals surface area contributed by atoms with Gasteiger partial charge in [-0.1, -0.05) is 48.0 Å². The number of amides is 1. The number of sulfonamides is 1. The SMILES string of the molecule is Cc1ccc(S(=O)(=O)N[C@H](C)C(=O)N[C@@H](C)c2ccccc2)cc1. The maximum atomic E-state index is 12.3. The van der Waals surface area contributed by atoms with Gasteiger partial charge in [-0.05, 0) is 38.5 Å². The minimum absolute atomic E-state index is 0.142. The lowest BCUT2D eigenvalue weighted by Gasteiger charge is -2.19. The van der Waals surface area contributed by atoms with Gasteiger partial charge in [-0.15, -0.1) is 0 Å². The van der Waals surface area contributed by atoms with E-state index in [1.807, 2.05) is 44.2 Å². The first kappa shape index (κ1) is 18.2.